The molecular weight excluding hydrogens is 424 g/mol. The number of carbonyl (C=O) groups excluding carboxylic acids is 2. The van der Waals surface area contributed by atoms with Crippen LogP contribution in [0.15, 0.2) is 41.3 Å². The molecule has 0 atom stereocenters. The Balaban J connectivity index is 1.40. The van der Waals surface area contributed by atoms with Gasteiger partial charge in [0.25, 0.3) is 5.91 Å². The lowest BCUT2D eigenvalue weighted by Gasteiger charge is -2.31. The summed E-state index contributed by atoms with van der Waals surface area (Å²) in [6, 6.07) is 6.77. The van der Waals surface area contributed by atoms with Gasteiger partial charge in [0.05, 0.1) is 36.2 Å². The van der Waals surface area contributed by atoms with Gasteiger partial charge < -0.3 is 19.4 Å². The maximum atomic E-state index is 13.1. The van der Waals surface area contributed by atoms with E-state index >= 15 is 0 Å². The number of tetrazole rings is 1. The van der Waals surface area contributed by atoms with E-state index in [-0.39, 0.29) is 17.7 Å². The Morgan fingerprint density at radius 3 is 2.77 bits per heavy atom. The number of aromatic nitrogens is 4. The number of piperidine rings is 1. The molecular formula is C20H21ClN6O4. The molecule has 1 aliphatic rings. The molecule has 1 saturated heterocycles. The molecule has 4 rings (SSSR count). The zero-order valence-corrected chi connectivity index (χ0v) is 17.6. The van der Waals surface area contributed by atoms with Crippen molar-refractivity contribution in [3.63, 3.8) is 0 Å². The van der Waals surface area contributed by atoms with Crippen LogP contribution in [0.5, 0.6) is 5.75 Å². The maximum absolute atomic E-state index is 13.1. The van der Waals surface area contributed by atoms with Gasteiger partial charge in [-0.05, 0) is 41.5 Å². The molecule has 0 bridgehead atoms. The molecule has 11 heteroatoms. The first-order chi connectivity index (χ1) is 15.1. The second kappa shape index (κ2) is 9.17. The molecule has 3 aromatic rings. The average molecular weight is 445 g/mol. The average Bonchev–Trinajstić information content (AvgIpc) is 3.51. The van der Waals surface area contributed by atoms with E-state index in [0.717, 1.165) is 0 Å². The summed E-state index contributed by atoms with van der Waals surface area (Å²) in [5, 5.41) is 14.2. The second-order valence-electron chi connectivity index (χ2n) is 7.12. The lowest BCUT2D eigenvalue weighted by molar-refractivity contribution is -0.126. The fraction of sp³-hybridized carbons (Fsp3) is 0.350. The molecule has 3 heterocycles. The van der Waals surface area contributed by atoms with E-state index in [1.54, 1.807) is 29.4 Å². The molecule has 0 saturated carbocycles. The number of nitrogens with one attached hydrogen (secondary N) is 1. The van der Waals surface area contributed by atoms with Gasteiger partial charge in [0.1, 0.15) is 17.8 Å². The summed E-state index contributed by atoms with van der Waals surface area (Å²) < 4.78 is 12.0. The van der Waals surface area contributed by atoms with Crippen LogP contribution < -0.4 is 10.1 Å². The predicted molar refractivity (Wildman–Crippen MR) is 110 cm³/mol. The molecule has 1 aliphatic heterocycles. The standard InChI is InChI=1S/C20H21ClN6O4/c1-30-18-10-17(27-12-23-24-25-27)16(21)9-15(18)20(29)26-6-4-13(5-7-26)19(28)22-11-14-3-2-8-31-14/h2-3,8-10,12-13H,4-7,11H2,1H3,(H,22,28). The van der Waals surface area contributed by atoms with E-state index in [4.69, 9.17) is 20.8 Å². The number of likely N-dealkylation sites (tertiary alicyclic amines) is 1. The molecule has 0 spiro atoms. The highest BCUT2D eigenvalue weighted by Gasteiger charge is 2.29. The maximum Gasteiger partial charge on any atom is 0.257 e. The normalized spacial score (nSPS) is 14.5. The Morgan fingerprint density at radius 1 is 1.32 bits per heavy atom. The van der Waals surface area contributed by atoms with Gasteiger partial charge in [-0.2, -0.15) is 4.68 Å². The van der Waals surface area contributed by atoms with E-state index in [1.807, 2.05) is 6.07 Å². The summed E-state index contributed by atoms with van der Waals surface area (Å²) in [5.41, 5.74) is 0.858. The van der Waals surface area contributed by atoms with Gasteiger partial charge in [0.15, 0.2) is 0 Å². The monoisotopic (exact) mass is 444 g/mol. The number of benzene rings is 1. The molecule has 1 fully saturated rings. The van der Waals surface area contributed by atoms with Crippen LogP contribution in [-0.4, -0.2) is 57.1 Å². The highest BCUT2D eigenvalue weighted by atomic mass is 35.5. The number of halogens is 1. The van der Waals surface area contributed by atoms with Crippen molar-refractivity contribution in [2.75, 3.05) is 20.2 Å². The van der Waals surface area contributed by atoms with Gasteiger partial charge >= 0.3 is 0 Å². The van der Waals surface area contributed by atoms with Crippen LogP contribution in [0.3, 0.4) is 0 Å². The summed E-state index contributed by atoms with van der Waals surface area (Å²) in [5.74, 6) is 0.700. The number of hydrogen-bond donors (Lipinski definition) is 1. The smallest absolute Gasteiger partial charge is 0.257 e. The fourth-order valence-electron chi connectivity index (χ4n) is 3.57. The summed E-state index contributed by atoms with van der Waals surface area (Å²) in [4.78, 5) is 27.2. The summed E-state index contributed by atoms with van der Waals surface area (Å²) in [6.07, 6.45) is 4.13. The number of nitrogens with zero attached hydrogens (tertiary/aromatic N) is 5. The number of furan rings is 1. The molecule has 2 aromatic heterocycles. The molecule has 31 heavy (non-hydrogen) atoms. The van der Waals surface area contributed by atoms with E-state index in [1.165, 1.54) is 18.1 Å². The third-order valence-corrected chi connectivity index (χ3v) is 5.57. The number of methoxy groups -OCH3 is 1. The molecule has 0 radical (unpaired) electrons. The Morgan fingerprint density at radius 2 is 2.13 bits per heavy atom. The summed E-state index contributed by atoms with van der Waals surface area (Å²) in [7, 11) is 1.49. The van der Waals surface area contributed by atoms with Crippen molar-refractivity contribution in [1.82, 2.24) is 30.4 Å². The van der Waals surface area contributed by atoms with E-state index in [0.29, 0.717) is 60.3 Å². The lowest BCUT2D eigenvalue weighted by Crippen LogP contribution is -2.43. The van der Waals surface area contributed by atoms with Gasteiger partial charge in [0, 0.05) is 25.1 Å². The highest BCUT2D eigenvalue weighted by molar-refractivity contribution is 6.33. The Labute approximate surface area is 183 Å². The van der Waals surface area contributed by atoms with Crippen LogP contribution in [0, 0.1) is 5.92 Å². The van der Waals surface area contributed by atoms with Crippen molar-refractivity contribution in [3.05, 3.63) is 53.2 Å². The Kier molecular flexibility index (Phi) is 6.17. The first-order valence-corrected chi connectivity index (χ1v) is 10.1. The van der Waals surface area contributed by atoms with Gasteiger partial charge in [0.2, 0.25) is 5.91 Å². The molecule has 1 N–H and O–H groups in total. The minimum atomic E-state index is -0.198. The number of rotatable bonds is 6. The first-order valence-electron chi connectivity index (χ1n) is 9.77. The third-order valence-electron chi connectivity index (χ3n) is 5.27. The first kappa shape index (κ1) is 20.9. The minimum Gasteiger partial charge on any atom is -0.496 e. The zero-order valence-electron chi connectivity index (χ0n) is 16.8. The quantitative estimate of drug-likeness (QED) is 0.618. The van der Waals surface area contributed by atoms with Gasteiger partial charge in [-0.1, -0.05) is 11.6 Å². The Bertz CT molecular complexity index is 1050. The number of ether oxygens (including phenoxy) is 1. The van der Waals surface area contributed by atoms with E-state index < -0.39 is 0 Å². The lowest BCUT2D eigenvalue weighted by atomic mass is 9.95. The van der Waals surface area contributed by atoms with E-state index in [9.17, 15) is 9.59 Å². The number of hydrogen-bond acceptors (Lipinski definition) is 7. The van der Waals surface area contributed by atoms with Crippen LogP contribution in [0.1, 0.15) is 29.0 Å². The molecule has 2 amide bonds. The van der Waals surface area contributed by atoms with Crippen LogP contribution >= 0.6 is 11.6 Å². The molecule has 162 valence electrons. The molecule has 10 nitrogen and oxygen atoms in total. The minimum absolute atomic E-state index is 0.0325. The van der Waals surface area contributed by atoms with Crippen molar-refractivity contribution in [2.45, 2.75) is 19.4 Å². The summed E-state index contributed by atoms with van der Waals surface area (Å²) in [6.45, 7) is 1.29. The largest absolute Gasteiger partial charge is 0.496 e. The SMILES string of the molecule is COc1cc(-n2cnnn2)c(Cl)cc1C(=O)N1CCC(C(=O)NCc2ccco2)CC1. The van der Waals surface area contributed by atoms with Crippen molar-refractivity contribution in [1.29, 1.82) is 0 Å². The summed E-state index contributed by atoms with van der Waals surface area (Å²) >= 11 is 6.37. The fourth-order valence-corrected chi connectivity index (χ4v) is 3.82. The van der Waals surface area contributed by atoms with E-state index in [2.05, 4.69) is 20.8 Å². The molecule has 0 unspecified atom stereocenters. The predicted octanol–water partition coefficient (Wildman–Crippen LogP) is 2.09. The van der Waals surface area contributed by atoms with Crippen molar-refractivity contribution in [2.24, 2.45) is 5.92 Å². The van der Waals surface area contributed by atoms with Crippen molar-refractivity contribution in [3.8, 4) is 11.4 Å². The van der Waals surface area contributed by atoms with Crippen LogP contribution in [0.2, 0.25) is 5.02 Å². The third kappa shape index (κ3) is 4.53. The van der Waals surface area contributed by atoms with Crippen molar-refractivity contribution >= 4 is 23.4 Å². The number of carbonyl (C=O) groups is 2. The zero-order chi connectivity index (χ0) is 21.8. The highest BCUT2D eigenvalue weighted by Crippen LogP contribution is 2.31. The number of amides is 2. The van der Waals surface area contributed by atoms with Gasteiger partial charge in [-0.3, -0.25) is 9.59 Å². The Hall–Kier alpha value is -3.40. The van der Waals surface area contributed by atoms with Crippen LogP contribution in [0.4, 0.5) is 0 Å². The van der Waals surface area contributed by atoms with Crippen LogP contribution in [-0.2, 0) is 11.3 Å². The van der Waals surface area contributed by atoms with Crippen LogP contribution in [0.25, 0.3) is 5.69 Å². The van der Waals surface area contributed by atoms with Gasteiger partial charge in [-0.25, -0.2) is 0 Å². The molecule has 0 aliphatic carbocycles. The second-order valence-corrected chi connectivity index (χ2v) is 7.53. The van der Waals surface area contributed by atoms with Crippen molar-refractivity contribution < 1.29 is 18.7 Å². The molecule has 1 aromatic carbocycles. The topological polar surface area (TPSA) is 115 Å². The van der Waals surface area contributed by atoms with Gasteiger partial charge in [-0.15, -0.1) is 5.10 Å².